The lowest BCUT2D eigenvalue weighted by Crippen LogP contribution is -2.42. The molecule has 0 aliphatic carbocycles. The van der Waals surface area contributed by atoms with Gasteiger partial charge in [0.2, 0.25) is 5.91 Å². The summed E-state index contributed by atoms with van der Waals surface area (Å²) in [4.78, 5) is 25.3. The van der Waals surface area contributed by atoms with Crippen LogP contribution in [0.1, 0.15) is 22.7 Å². The molecule has 0 bridgehead atoms. The number of nitro benzene ring substituents is 1. The van der Waals surface area contributed by atoms with Gasteiger partial charge in [0.1, 0.15) is 0 Å². The predicted octanol–water partition coefficient (Wildman–Crippen LogP) is 3.11. The van der Waals surface area contributed by atoms with E-state index in [0.717, 1.165) is 24.2 Å². The van der Waals surface area contributed by atoms with Crippen LogP contribution in [0.5, 0.6) is 0 Å². The topological polar surface area (TPSA) is 84.7 Å². The third-order valence-corrected chi connectivity index (χ3v) is 4.85. The predicted molar refractivity (Wildman–Crippen MR) is 111 cm³/mol. The summed E-state index contributed by atoms with van der Waals surface area (Å²) in [7, 11) is 0. The SMILES string of the molecule is Cc1ccc([C@@H](CN2CCOCC2)NC(=O)/C=C/c2cccc([N+](=O)[O-])c2)cc1. The van der Waals surface area contributed by atoms with Crippen molar-refractivity contribution in [2.24, 2.45) is 0 Å². The maximum Gasteiger partial charge on any atom is 0.270 e. The first-order chi connectivity index (χ1) is 14.0. The number of ether oxygens (including phenoxy) is 1. The molecule has 1 heterocycles. The number of nitro groups is 1. The van der Waals surface area contributed by atoms with Gasteiger partial charge in [-0.25, -0.2) is 0 Å². The zero-order valence-corrected chi connectivity index (χ0v) is 16.4. The standard InChI is InChI=1S/C22H25N3O4/c1-17-5-8-19(9-6-17)21(16-24-11-13-29-14-12-24)23-22(26)10-7-18-3-2-4-20(15-18)25(27)28/h2-10,15,21H,11-14,16H2,1H3,(H,23,26)/b10-7+/t21-/m1/s1. The van der Waals surface area contributed by atoms with Crippen molar-refractivity contribution >= 4 is 17.7 Å². The van der Waals surface area contributed by atoms with E-state index in [4.69, 9.17) is 4.74 Å². The van der Waals surface area contributed by atoms with Crippen molar-refractivity contribution in [3.8, 4) is 0 Å². The van der Waals surface area contributed by atoms with Crippen LogP contribution in [0.25, 0.3) is 6.08 Å². The molecule has 0 spiro atoms. The number of morpholine rings is 1. The van der Waals surface area contributed by atoms with E-state index in [2.05, 4.69) is 10.2 Å². The average molecular weight is 395 g/mol. The van der Waals surface area contributed by atoms with Gasteiger partial charge in [-0.3, -0.25) is 19.8 Å². The molecule has 1 saturated heterocycles. The molecule has 1 amide bonds. The second-order valence-electron chi connectivity index (χ2n) is 7.07. The maximum absolute atomic E-state index is 12.6. The van der Waals surface area contributed by atoms with Crippen LogP contribution < -0.4 is 5.32 Å². The van der Waals surface area contributed by atoms with Crippen LogP contribution in [0.15, 0.2) is 54.6 Å². The highest BCUT2D eigenvalue weighted by molar-refractivity contribution is 5.92. The molecule has 1 aliphatic heterocycles. The van der Waals surface area contributed by atoms with E-state index >= 15 is 0 Å². The van der Waals surface area contributed by atoms with E-state index in [1.807, 2.05) is 31.2 Å². The van der Waals surface area contributed by atoms with Gasteiger partial charge in [0, 0.05) is 37.8 Å². The molecule has 7 nitrogen and oxygen atoms in total. The van der Waals surface area contributed by atoms with Crippen LogP contribution >= 0.6 is 0 Å². The summed E-state index contributed by atoms with van der Waals surface area (Å²) < 4.78 is 5.41. The Bertz CT molecular complexity index is 874. The number of nitrogens with one attached hydrogen (secondary N) is 1. The van der Waals surface area contributed by atoms with Crippen LogP contribution in [-0.2, 0) is 9.53 Å². The number of carbonyl (C=O) groups excluding carboxylic acids is 1. The number of nitrogens with zero attached hydrogens (tertiary/aromatic N) is 2. The number of benzene rings is 2. The monoisotopic (exact) mass is 395 g/mol. The molecule has 1 aliphatic rings. The van der Waals surface area contributed by atoms with Gasteiger partial charge in [0.25, 0.3) is 5.69 Å². The summed E-state index contributed by atoms with van der Waals surface area (Å²) in [5, 5.41) is 14.0. The number of rotatable bonds is 7. The largest absolute Gasteiger partial charge is 0.379 e. The molecule has 0 unspecified atom stereocenters. The molecular weight excluding hydrogens is 370 g/mol. The highest BCUT2D eigenvalue weighted by atomic mass is 16.6. The van der Waals surface area contributed by atoms with Crippen molar-refractivity contribution in [3.05, 3.63) is 81.4 Å². The van der Waals surface area contributed by atoms with Crippen molar-refractivity contribution in [1.29, 1.82) is 0 Å². The summed E-state index contributed by atoms with van der Waals surface area (Å²) >= 11 is 0. The lowest BCUT2D eigenvalue weighted by atomic mass is 10.0. The molecular formula is C22H25N3O4. The van der Waals surface area contributed by atoms with Crippen LogP contribution in [0, 0.1) is 17.0 Å². The molecule has 2 aromatic carbocycles. The number of non-ortho nitro benzene ring substituents is 1. The Labute approximate surface area is 170 Å². The van der Waals surface area contributed by atoms with Crippen molar-refractivity contribution in [1.82, 2.24) is 10.2 Å². The molecule has 152 valence electrons. The Kier molecular flexibility index (Phi) is 7.10. The molecule has 1 atom stereocenters. The van der Waals surface area contributed by atoms with Gasteiger partial charge in [0.15, 0.2) is 0 Å². The highest BCUT2D eigenvalue weighted by Gasteiger charge is 2.19. The first-order valence-corrected chi connectivity index (χ1v) is 9.61. The zero-order valence-electron chi connectivity index (χ0n) is 16.4. The normalized spacial score (nSPS) is 15.9. The zero-order chi connectivity index (χ0) is 20.6. The third kappa shape index (κ3) is 6.23. The van der Waals surface area contributed by atoms with E-state index in [1.54, 1.807) is 18.2 Å². The lowest BCUT2D eigenvalue weighted by molar-refractivity contribution is -0.384. The maximum atomic E-state index is 12.6. The Morgan fingerprint density at radius 1 is 1.24 bits per heavy atom. The number of hydrogen-bond donors (Lipinski definition) is 1. The van der Waals surface area contributed by atoms with Gasteiger partial charge in [-0.05, 0) is 24.1 Å². The van der Waals surface area contributed by atoms with E-state index < -0.39 is 4.92 Å². The fourth-order valence-electron chi connectivity index (χ4n) is 3.21. The summed E-state index contributed by atoms with van der Waals surface area (Å²) in [5.74, 6) is -0.240. The number of amides is 1. The smallest absolute Gasteiger partial charge is 0.270 e. The van der Waals surface area contributed by atoms with Crippen molar-refractivity contribution in [2.75, 3.05) is 32.8 Å². The van der Waals surface area contributed by atoms with Gasteiger partial charge in [-0.1, -0.05) is 42.0 Å². The first kappa shape index (κ1) is 20.7. The van der Waals surface area contributed by atoms with Gasteiger partial charge in [0.05, 0.1) is 24.2 Å². The highest BCUT2D eigenvalue weighted by Crippen LogP contribution is 2.17. The summed E-state index contributed by atoms with van der Waals surface area (Å²) in [5.41, 5.74) is 2.81. The third-order valence-electron chi connectivity index (χ3n) is 4.85. The average Bonchev–Trinajstić information content (AvgIpc) is 2.73. The molecule has 7 heteroatoms. The fourth-order valence-corrected chi connectivity index (χ4v) is 3.21. The van der Waals surface area contributed by atoms with Crippen LogP contribution in [0.3, 0.4) is 0 Å². The van der Waals surface area contributed by atoms with Crippen molar-refractivity contribution in [3.63, 3.8) is 0 Å². The van der Waals surface area contributed by atoms with Crippen molar-refractivity contribution < 1.29 is 14.5 Å². The van der Waals surface area contributed by atoms with Gasteiger partial charge in [-0.2, -0.15) is 0 Å². The second kappa shape index (κ2) is 9.95. The van der Waals surface area contributed by atoms with Crippen LogP contribution in [0.2, 0.25) is 0 Å². The van der Waals surface area contributed by atoms with E-state index in [0.29, 0.717) is 25.3 Å². The minimum absolute atomic E-state index is 0.00240. The lowest BCUT2D eigenvalue weighted by Gasteiger charge is -2.31. The number of hydrogen-bond acceptors (Lipinski definition) is 5. The van der Waals surface area contributed by atoms with E-state index in [1.165, 1.54) is 18.2 Å². The molecule has 2 aromatic rings. The molecule has 0 radical (unpaired) electrons. The van der Waals surface area contributed by atoms with Gasteiger partial charge in [-0.15, -0.1) is 0 Å². The second-order valence-corrected chi connectivity index (χ2v) is 7.07. The number of carbonyl (C=O) groups is 1. The minimum atomic E-state index is -0.451. The molecule has 1 N–H and O–H groups in total. The van der Waals surface area contributed by atoms with Crippen LogP contribution in [-0.4, -0.2) is 48.6 Å². The van der Waals surface area contributed by atoms with Gasteiger partial charge < -0.3 is 10.1 Å². The minimum Gasteiger partial charge on any atom is -0.379 e. The fraction of sp³-hybridized carbons (Fsp3) is 0.318. The van der Waals surface area contributed by atoms with E-state index in [-0.39, 0.29) is 17.6 Å². The van der Waals surface area contributed by atoms with Crippen LogP contribution in [0.4, 0.5) is 5.69 Å². The Morgan fingerprint density at radius 2 is 1.97 bits per heavy atom. The summed E-state index contributed by atoms with van der Waals surface area (Å²) in [6.45, 7) is 5.79. The molecule has 3 rings (SSSR count). The number of aryl methyl sites for hydroxylation is 1. The quantitative estimate of drug-likeness (QED) is 0.442. The van der Waals surface area contributed by atoms with E-state index in [9.17, 15) is 14.9 Å². The summed E-state index contributed by atoms with van der Waals surface area (Å²) in [6.07, 6.45) is 3.00. The van der Waals surface area contributed by atoms with Gasteiger partial charge >= 0.3 is 0 Å². The molecule has 0 saturated carbocycles. The van der Waals surface area contributed by atoms with Crippen molar-refractivity contribution in [2.45, 2.75) is 13.0 Å². The molecule has 29 heavy (non-hydrogen) atoms. The Morgan fingerprint density at radius 3 is 2.66 bits per heavy atom. The Balaban J connectivity index is 1.70. The molecule has 0 aromatic heterocycles. The first-order valence-electron chi connectivity index (χ1n) is 9.61. The summed E-state index contributed by atoms with van der Waals surface area (Å²) in [6, 6.07) is 14.2. The Hall–Kier alpha value is -3.03. The molecule has 1 fully saturated rings.